The molecule has 26 rings (SSSR count). The Morgan fingerprint density at radius 2 is 0.688 bits per heavy atom. The van der Waals surface area contributed by atoms with Gasteiger partial charge < -0.3 is 0 Å². The fraction of sp³-hybridized carbons (Fsp3) is 0.0275. The number of thiophene rings is 1. The monoisotopic (exact) mass is 1640 g/mol. The molecule has 0 unspecified atom stereocenters. The van der Waals surface area contributed by atoms with Gasteiger partial charge in [-0.05, 0) is 104 Å². The van der Waals surface area contributed by atoms with E-state index in [0.29, 0.717) is 19.6 Å². The molecule has 0 fully saturated rings. The molecule has 0 atom stereocenters. The van der Waals surface area contributed by atoms with Gasteiger partial charge in [0.2, 0.25) is 0 Å². The van der Waals surface area contributed by atoms with Crippen LogP contribution >= 0.6 is 11.3 Å². The Morgan fingerprint density at radius 1 is 0.288 bits per heavy atom. The van der Waals surface area contributed by atoms with Crippen LogP contribution in [-0.2, 0) is 0 Å². The Balaban J connectivity index is 0.000000106. The lowest BCUT2D eigenvalue weighted by atomic mass is 10.1. The minimum absolute atomic E-state index is 0.663. The molecule has 0 N–H and O–H groups in total. The number of fused-ring (bicyclic) bond motifs is 19. The molecule has 11 aromatic heterocycles. The molecule has 14 heterocycles. The largest absolute Gasteiger partial charge is 0.292 e. The first kappa shape index (κ1) is 72.8. The van der Waals surface area contributed by atoms with Crippen molar-refractivity contribution in [2.24, 2.45) is 15.0 Å². The van der Waals surface area contributed by atoms with Crippen molar-refractivity contribution in [2.45, 2.75) is 0 Å². The third-order valence-corrected chi connectivity index (χ3v) is 30.5. The van der Waals surface area contributed by atoms with E-state index in [4.69, 9.17) is 49.9 Å². The topological polar surface area (TPSA) is 147 Å². The van der Waals surface area contributed by atoms with Gasteiger partial charge in [0, 0.05) is 115 Å². The van der Waals surface area contributed by atoms with Gasteiger partial charge in [0.15, 0.2) is 8.07 Å². The van der Waals surface area contributed by atoms with Crippen molar-refractivity contribution in [1.82, 2.24) is 53.2 Å². The van der Waals surface area contributed by atoms with Crippen LogP contribution in [0.25, 0.3) is 183 Å². The summed E-state index contributed by atoms with van der Waals surface area (Å²) in [5.74, 6) is 3.37. The number of hydrogen-bond donors (Lipinski definition) is 0. The summed E-state index contributed by atoms with van der Waals surface area (Å²) in [5.41, 5.74) is 15.6. The van der Waals surface area contributed by atoms with Gasteiger partial charge in [0.05, 0.1) is 47.7 Å². The van der Waals surface area contributed by atoms with Crippen LogP contribution in [0.3, 0.4) is 0 Å². The van der Waals surface area contributed by atoms with Gasteiger partial charge in [-0.2, -0.15) is 0 Å². The van der Waals surface area contributed by atoms with E-state index >= 15 is 0 Å². The Morgan fingerprint density at radius 3 is 1.21 bits per heavy atom. The van der Waals surface area contributed by atoms with Crippen LogP contribution in [0.1, 0.15) is 0 Å². The number of benzene rings is 12. The number of pyridine rings is 6. The van der Waals surface area contributed by atoms with Gasteiger partial charge in [-0.1, -0.05) is 315 Å². The zero-order chi connectivity index (χ0) is 82.5. The van der Waals surface area contributed by atoms with Crippen molar-refractivity contribution in [1.29, 1.82) is 0 Å². The summed E-state index contributed by atoms with van der Waals surface area (Å²) in [6.45, 7) is 2.01. The highest BCUT2D eigenvalue weighted by molar-refractivity contribution is 7.26. The van der Waals surface area contributed by atoms with Crippen LogP contribution in [0.5, 0.6) is 0 Å². The van der Waals surface area contributed by atoms with Crippen molar-refractivity contribution in [3.63, 3.8) is 0 Å². The summed E-state index contributed by atoms with van der Waals surface area (Å²) in [5, 5.41) is 21.8. The molecule has 588 valence electrons. The van der Waals surface area contributed by atoms with Crippen molar-refractivity contribution in [2.75, 3.05) is 19.6 Å². The van der Waals surface area contributed by atoms with Crippen molar-refractivity contribution < 1.29 is 0 Å². The Hall–Kier alpha value is -16.1. The highest BCUT2D eigenvalue weighted by Gasteiger charge is 2.42. The predicted molar refractivity (Wildman–Crippen MR) is 512 cm³/mol. The molecule has 125 heavy (non-hydrogen) atoms. The van der Waals surface area contributed by atoms with Crippen LogP contribution in [-0.4, -0.2) is 80.9 Å². The van der Waals surface area contributed by atoms with E-state index in [1.165, 1.54) is 57.1 Å². The molecule has 3 aliphatic heterocycles. The fourth-order valence-corrected chi connectivity index (χ4v) is 25.0. The van der Waals surface area contributed by atoms with E-state index < -0.39 is 8.07 Å². The zero-order valence-electron chi connectivity index (χ0n) is 67.4. The molecule has 0 spiro atoms. The minimum atomic E-state index is -2.67. The fourth-order valence-electron chi connectivity index (χ4n) is 19.0. The molecule has 0 saturated carbocycles. The highest BCUT2D eigenvalue weighted by Crippen LogP contribution is 2.40. The average Bonchev–Trinajstić information content (AvgIpc) is 1.44. The van der Waals surface area contributed by atoms with Crippen molar-refractivity contribution >= 4 is 155 Å². The summed E-state index contributed by atoms with van der Waals surface area (Å²) >= 11 is 1.83. The van der Waals surface area contributed by atoms with E-state index in [1.807, 2.05) is 48.1 Å². The van der Waals surface area contributed by atoms with Gasteiger partial charge in [0.1, 0.15) is 56.7 Å². The lowest BCUT2D eigenvalue weighted by molar-refractivity contribution is 0.941. The molecule has 23 aromatic rings. The van der Waals surface area contributed by atoms with Gasteiger partial charge in [-0.15, -0.1) is 11.3 Å². The molecule has 3 aliphatic rings. The number of aromatic nitrogens is 11. The standard InChI is InChI=1S/C42H30N4Si.C37H24N6.C30H18N4S/c1-4-16-32(17-5-1)47(33-18-6-2-7-19-33,34-20-8-3-9-21-34)35-22-12-15-30(28-35)38-24-13-25-39(45-38)46-41-37(26-27-43-41)40-36-23-11-10-14-31(36)29-44-42(40)46;1-2-10-27(11-3-1)42-32-15-7-6-13-31(32)41-35(42)25-19-17-24(18-20-25)30-14-8-16-33(40-30)43-36-29(21-22-38-36)34-28-12-5-4-9-26(28)23-39-37(34)43;1-2-8-19-18(7-1)17-32-30-27(19)23-15-16-31-29(23)34(30)26-14-6-12-24(33-26)22-11-5-10-21-20-9-3-4-13-25(20)35-28(21)22/h1-26,28-29H,27H2;1-21,23H,22H2;1-15,17H,16H2. The van der Waals surface area contributed by atoms with Crippen molar-refractivity contribution in [3.8, 4) is 68.3 Å². The highest BCUT2D eigenvalue weighted by atomic mass is 32.1. The second-order valence-corrected chi connectivity index (χ2v) is 36.4. The molecule has 12 aromatic carbocycles. The third-order valence-electron chi connectivity index (χ3n) is 24.5. The maximum atomic E-state index is 5.30. The average molecular weight is 1640 g/mol. The molecule has 16 heteroatoms. The maximum Gasteiger partial charge on any atom is 0.179 e. The Labute approximate surface area is 720 Å². The second kappa shape index (κ2) is 30.2. The number of nitrogens with zero attached hydrogens (tertiary/aromatic N) is 14. The van der Waals surface area contributed by atoms with Gasteiger partial charge in [0.25, 0.3) is 0 Å². The van der Waals surface area contributed by atoms with Gasteiger partial charge >= 0.3 is 0 Å². The molecule has 0 amide bonds. The molecule has 0 aliphatic carbocycles. The number of para-hydroxylation sites is 3. The lowest BCUT2D eigenvalue weighted by Crippen LogP contribution is -2.74. The van der Waals surface area contributed by atoms with E-state index in [1.54, 1.807) is 0 Å². The zero-order valence-corrected chi connectivity index (χ0v) is 69.2. The van der Waals surface area contributed by atoms with E-state index in [9.17, 15) is 0 Å². The molecule has 0 saturated heterocycles. The van der Waals surface area contributed by atoms with E-state index in [2.05, 4.69) is 382 Å². The van der Waals surface area contributed by atoms with Crippen LogP contribution in [0.15, 0.2) is 398 Å². The molecular weight excluding hydrogens is 1570 g/mol. The first-order valence-corrected chi connectivity index (χ1v) is 44.9. The summed E-state index contributed by atoms with van der Waals surface area (Å²) in [7, 11) is -2.67. The number of rotatable bonds is 12. The van der Waals surface area contributed by atoms with Gasteiger partial charge in [-0.25, -0.2) is 34.9 Å². The summed E-state index contributed by atoms with van der Waals surface area (Å²) < 4.78 is 11.1. The van der Waals surface area contributed by atoms with Crippen LogP contribution in [0, 0.1) is 0 Å². The normalized spacial score (nSPS) is 12.6. The summed E-state index contributed by atoms with van der Waals surface area (Å²) in [6.07, 6.45) is 12.4. The van der Waals surface area contributed by atoms with Crippen LogP contribution in [0.2, 0.25) is 0 Å². The summed E-state index contributed by atoms with van der Waals surface area (Å²) in [6, 6.07) is 128. The number of hydrogen-bond acceptors (Lipinski definition) is 11. The number of imidazole rings is 1. The lowest BCUT2D eigenvalue weighted by Gasteiger charge is -2.34. The summed E-state index contributed by atoms with van der Waals surface area (Å²) in [4.78, 5) is 49.9. The second-order valence-electron chi connectivity index (χ2n) is 31.5. The molecule has 0 radical (unpaired) electrons. The van der Waals surface area contributed by atoms with Crippen LogP contribution < -0.4 is 52.9 Å². The van der Waals surface area contributed by atoms with Crippen LogP contribution in [0.4, 0.5) is 0 Å². The SMILES string of the molecule is C1=c2c(n(-c3cccc(-c4ccc(-c5nc6ccccc6n5-c5ccccc5)cc4)n3)c3ncc4ccccc4c23)=NC1.C1=c2c(n(-c3cccc(-c4cccc([Si](c5ccccc5)(c5ccccc5)c5ccccc5)c4)n3)c3ncc4ccccc4c23)=NC1.C1=c2c(n(-c3cccc(-c4cccc5c4sc4ccccc45)n3)c3ncc4ccccc4c23)=NC1. The first-order chi connectivity index (χ1) is 62.0. The van der Waals surface area contributed by atoms with E-state index in [0.717, 1.165) is 161 Å². The predicted octanol–water partition coefficient (Wildman–Crippen LogP) is 17.7. The smallest absolute Gasteiger partial charge is 0.179 e. The molecule has 14 nitrogen and oxygen atoms in total. The van der Waals surface area contributed by atoms with Crippen molar-refractivity contribution in [3.05, 3.63) is 415 Å². The first-order valence-electron chi connectivity index (χ1n) is 42.1. The minimum Gasteiger partial charge on any atom is -0.292 e. The van der Waals surface area contributed by atoms with Gasteiger partial charge in [-0.3, -0.25) is 33.2 Å². The quantitative estimate of drug-likeness (QED) is 0.0874. The molecule has 0 bridgehead atoms. The molecular formula is C109H72N14SSi. The van der Waals surface area contributed by atoms with E-state index in [-0.39, 0.29) is 0 Å². The third kappa shape index (κ3) is 12.1. The maximum absolute atomic E-state index is 5.30. The Kier molecular flexibility index (Phi) is 17.6. The Bertz CT molecular complexity index is 8630.